The van der Waals surface area contributed by atoms with E-state index in [2.05, 4.69) is 193 Å². The third kappa shape index (κ3) is 3.91. The molecular weight excluding hydrogens is 635 g/mol. The molecule has 3 heteroatoms. The van der Waals surface area contributed by atoms with Crippen LogP contribution in [-0.2, 0) is 5.41 Å². The van der Waals surface area contributed by atoms with Crippen molar-refractivity contribution in [1.29, 1.82) is 0 Å². The molecule has 1 unspecified atom stereocenters. The summed E-state index contributed by atoms with van der Waals surface area (Å²) in [6.45, 7) is 0. The van der Waals surface area contributed by atoms with E-state index < -0.39 is 5.41 Å². The Bertz CT molecular complexity index is 2810. The van der Waals surface area contributed by atoms with Crippen LogP contribution in [-0.4, -0.2) is 4.57 Å². The number of aromatic nitrogens is 1. The number of benzene rings is 8. The van der Waals surface area contributed by atoms with E-state index in [4.69, 9.17) is 9.47 Å². The maximum atomic E-state index is 6.98. The molecule has 0 N–H and O–H groups in total. The number of hydrogen-bond acceptors (Lipinski definition) is 2. The van der Waals surface area contributed by atoms with Gasteiger partial charge in [-0.15, -0.1) is 0 Å². The maximum Gasteiger partial charge on any atom is 0.132 e. The lowest BCUT2D eigenvalue weighted by atomic mass is 9.59. The van der Waals surface area contributed by atoms with Gasteiger partial charge in [-0.05, 0) is 59.2 Å². The summed E-state index contributed by atoms with van der Waals surface area (Å²) in [6.07, 6.45) is 0. The van der Waals surface area contributed by atoms with Gasteiger partial charge < -0.3 is 14.0 Å². The number of para-hydroxylation sites is 5. The lowest BCUT2D eigenvalue weighted by Gasteiger charge is -2.46. The molecule has 0 bridgehead atoms. The van der Waals surface area contributed by atoms with Crippen molar-refractivity contribution < 1.29 is 9.47 Å². The molecule has 1 aromatic heterocycles. The van der Waals surface area contributed by atoms with Crippen LogP contribution in [0.25, 0.3) is 49.7 Å². The maximum absolute atomic E-state index is 6.98. The first-order valence-corrected chi connectivity index (χ1v) is 17.8. The van der Waals surface area contributed by atoms with E-state index in [0.717, 1.165) is 78.7 Å². The summed E-state index contributed by atoms with van der Waals surface area (Å²) >= 11 is 0. The SMILES string of the molecule is c1ccc(-c2cccc3c2C2(c4ccccc4O3)c3ccccc3Oc3cccc(-c4cccc5c6ccccc6n(-c6ccccc6)c45)c32)cc1. The molecule has 1 spiro atoms. The van der Waals surface area contributed by atoms with Gasteiger partial charge in [0, 0.05) is 44.3 Å². The minimum atomic E-state index is -0.789. The first kappa shape index (κ1) is 28.9. The van der Waals surface area contributed by atoms with Crippen LogP contribution in [0.2, 0.25) is 0 Å². The van der Waals surface area contributed by atoms with Crippen LogP contribution in [0.5, 0.6) is 23.0 Å². The molecule has 9 aromatic rings. The van der Waals surface area contributed by atoms with Crippen LogP contribution in [0, 0.1) is 0 Å². The summed E-state index contributed by atoms with van der Waals surface area (Å²) in [4.78, 5) is 0. The molecule has 0 saturated carbocycles. The second-order valence-electron chi connectivity index (χ2n) is 13.6. The molecule has 0 fully saturated rings. The summed E-state index contributed by atoms with van der Waals surface area (Å²) in [5, 5.41) is 2.43. The molecule has 1 atom stereocenters. The largest absolute Gasteiger partial charge is 0.457 e. The van der Waals surface area contributed by atoms with Gasteiger partial charge in [-0.1, -0.05) is 146 Å². The topological polar surface area (TPSA) is 23.4 Å². The Kier molecular flexibility index (Phi) is 6.17. The van der Waals surface area contributed by atoms with Crippen molar-refractivity contribution in [2.45, 2.75) is 5.41 Å². The molecule has 0 saturated heterocycles. The van der Waals surface area contributed by atoms with Gasteiger partial charge >= 0.3 is 0 Å². The lowest BCUT2D eigenvalue weighted by molar-refractivity contribution is 0.400. The molecule has 3 heterocycles. The van der Waals surface area contributed by atoms with Crippen molar-refractivity contribution in [3.8, 4) is 50.9 Å². The Labute approximate surface area is 301 Å². The number of ether oxygens (including phenoxy) is 2. The van der Waals surface area contributed by atoms with Crippen molar-refractivity contribution in [3.63, 3.8) is 0 Å². The average molecular weight is 666 g/mol. The van der Waals surface area contributed by atoms with E-state index in [1.165, 1.54) is 16.3 Å². The van der Waals surface area contributed by atoms with Crippen molar-refractivity contribution in [2.75, 3.05) is 0 Å². The molecule has 8 aromatic carbocycles. The first-order chi connectivity index (χ1) is 25.8. The van der Waals surface area contributed by atoms with Crippen LogP contribution in [0.4, 0.5) is 0 Å². The zero-order valence-electron chi connectivity index (χ0n) is 28.2. The number of fused-ring (bicyclic) bond motifs is 11. The minimum absolute atomic E-state index is 0.789. The zero-order chi connectivity index (χ0) is 34.2. The third-order valence-corrected chi connectivity index (χ3v) is 10.9. The highest BCUT2D eigenvalue weighted by Crippen LogP contribution is 2.65. The molecule has 0 amide bonds. The van der Waals surface area contributed by atoms with Crippen molar-refractivity contribution in [2.24, 2.45) is 0 Å². The third-order valence-electron chi connectivity index (χ3n) is 10.9. The van der Waals surface area contributed by atoms with Gasteiger partial charge in [-0.2, -0.15) is 0 Å². The van der Waals surface area contributed by atoms with Crippen LogP contribution >= 0.6 is 0 Å². The highest BCUT2D eigenvalue weighted by Gasteiger charge is 2.53. The van der Waals surface area contributed by atoms with Crippen molar-refractivity contribution in [3.05, 3.63) is 210 Å². The molecular formula is C49H31NO2. The highest BCUT2D eigenvalue weighted by molar-refractivity contribution is 6.14. The Balaban J connectivity index is 1.34. The molecule has 52 heavy (non-hydrogen) atoms. The Hall–Kier alpha value is -6.84. The Morgan fingerprint density at radius 2 is 0.865 bits per heavy atom. The molecule has 3 nitrogen and oxygen atoms in total. The quantitative estimate of drug-likeness (QED) is 0.187. The number of rotatable bonds is 3. The van der Waals surface area contributed by atoms with Gasteiger partial charge in [0.15, 0.2) is 0 Å². The summed E-state index contributed by atoms with van der Waals surface area (Å²) in [5.74, 6) is 3.36. The molecule has 0 aliphatic carbocycles. The monoisotopic (exact) mass is 665 g/mol. The molecule has 2 aliphatic heterocycles. The van der Waals surface area contributed by atoms with Gasteiger partial charge in [0.05, 0.1) is 16.4 Å². The fourth-order valence-electron chi connectivity index (χ4n) is 8.95. The summed E-state index contributed by atoms with van der Waals surface area (Å²) in [7, 11) is 0. The van der Waals surface area contributed by atoms with Crippen LogP contribution in [0.1, 0.15) is 22.3 Å². The van der Waals surface area contributed by atoms with Crippen molar-refractivity contribution in [1.82, 2.24) is 4.57 Å². The lowest BCUT2D eigenvalue weighted by Crippen LogP contribution is -2.38. The summed E-state index contributed by atoms with van der Waals surface area (Å²) in [5.41, 5.74) is 11.6. The molecule has 0 radical (unpaired) electrons. The fraction of sp³-hybridized carbons (Fsp3) is 0.0204. The predicted molar refractivity (Wildman–Crippen MR) is 210 cm³/mol. The predicted octanol–water partition coefficient (Wildman–Crippen LogP) is 12.7. The minimum Gasteiger partial charge on any atom is -0.457 e. The molecule has 11 rings (SSSR count). The first-order valence-electron chi connectivity index (χ1n) is 17.8. The van der Waals surface area contributed by atoms with Gasteiger partial charge in [-0.25, -0.2) is 0 Å². The van der Waals surface area contributed by atoms with Gasteiger partial charge in [0.25, 0.3) is 0 Å². The van der Waals surface area contributed by atoms with E-state index >= 15 is 0 Å². The normalized spacial score (nSPS) is 15.3. The van der Waals surface area contributed by atoms with Gasteiger partial charge in [-0.3, -0.25) is 0 Å². The van der Waals surface area contributed by atoms with Crippen LogP contribution < -0.4 is 9.47 Å². The van der Waals surface area contributed by atoms with Crippen LogP contribution in [0.3, 0.4) is 0 Å². The Morgan fingerprint density at radius 3 is 1.58 bits per heavy atom. The Morgan fingerprint density at radius 1 is 0.365 bits per heavy atom. The average Bonchev–Trinajstić information content (AvgIpc) is 3.56. The van der Waals surface area contributed by atoms with E-state index in [-0.39, 0.29) is 0 Å². The molecule has 244 valence electrons. The van der Waals surface area contributed by atoms with E-state index in [1.807, 2.05) is 0 Å². The standard InChI is InChI=1S/C49H31NO2/c1-3-16-32(17-4-1)34-21-14-30-44-46(34)49(39-25-8-11-28-42(39)51-44)40-26-9-12-29-43(40)52-45-31-15-22-36(47(45)49)38-24-13-23-37-35-20-7-10-27-41(35)50(48(37)38)33-18-5-2-6-19-33/h1-31H. The summed E-state index contributed by atoms with van der Waals surface area (Å²) in [6, 6.07) is 66.9. The highest BCUT2D eigenvalue weighted by atomic mass is 16.5. The van der Waals surface area contributed by atoms with E-state index in [9.17, 15) is 0 Å². The van der Waals surface area contributed by atoms with Gasteiger partial charge in [0.1, 0.15) is 23.0 Å². The molecule has 2 aliphatic rings. The van der Waals surface area contributed by atoms with E-state index in [1.54, 1.807) is 0 Å². The van der Waals surface area contributed by atoms with Crippen molar-refractivity contribution >= 4 is 21.8 Å². The fourth-order valence-corrected chi connectivity index (χ4v) is 8.95. The zero-order valence-corrected chi connectivity index (χ0v) is 28.2. The van der Waals surface area contributed by atoms with Crippen LogP contribution in [0.15, 0.2) is 188 Å². The second-order valence-corrected chi connectivity index (χ2v) is 13.6. The number of hydrogen-bond donors (Lipinski definition) is 0. The summed E-state index contributed by atoms with van der Waals surface area (Å²) < 4.78 is 16.3. The number of nitrogens with zero attached hydrogens (tertiary/aromatic N) is 1. The van der Waals surface area contributed by atoms with Gasteiger partial charge in [0.2, 0.25) is 0 Å². The van der Waals surface area contributed by atoms with E-state index in [0.29, 0.717) is 0 Å². The smallest absolute Gasteiger partial charge is 0.132 e. The second kappa shape index (κ2) is 11.1.